The van der Waals surface area contributed by atoms with Crippen molar-refractivity contribution in [2.45, 2.75) is 25.3 Å². The van der Waals surface area contributed by atoms with Crippen molar-refractivity contribution in [1.82, 2.24) is 4.90 Å². The molecular formula is C14H20N2O3. The van der Waals surface area contributed by atoms with Crippen LogP contribution in [0, 0.1) is 0 Å². The highest BCUT2D eigenvalue weighted by molar-refractivity contribution is 5.98. The highest BCUT2D eigenvalue weighted by atomic mass is 16.5. The summed E-state index contributed by atoms with van der Waals surface area (Å²) in [6, 6.07) is 5.26. The molecule has 0 saturated heterocycles. The van der Waals surface area contributed by atoms with Gasteiger partial charge in [0.25, 0.3) is 5.91 Å². The zero-order chi connectivity index (χ0) is 13.8. The second-order valence-electron chi connectivity index (χ2n) is 4.73. The Labute approximate surface area is 113 Å². The number of rotatable bonds is 6. The van der Waals surface area contributed by atoms with Crippen LogP contribution >= 0.6 is 0 Å². The maximum Gasteiger partial charge on any atom is 0.258 e. The summed E-state index contributed by atoms with van der Waals surface area (Å²) < 4.78 is 5.03. The maximum atomic E-state index is 12.5. The number of ether oxygens (including phenoxy) is 1. The van der Waals surface area contributed by atoms with Crippen LogP contribution in [-0.4, -0.2) is 42.2 Å². The summed E-state index contributed by atoms with van der Waals surface area (Å²) in [5, 5.41) is 10.0. The molecule has 0 unspecified atom stereocenters. The van der Waals surface area contributed by atoms with Crippen LogP contribution in [0.3, 0.4) is 0 Å². The van der Waals surface area contributed by atoms with Crippen molar-refractivity contribution < 1.29 is 14.6 Å². The van der Waals surface area contributed by atoms with Crippen LogP contribution in [0.4, 0.5) is 0 Å². The number of aromatic hydroxyl groups is 1. The molecule has 1 aliphatic carbocycles. The molecule has 3 N–H and O–H groups in total. The number of para-hydroxylation sites is 1. The van der Waals surface area contributed by atoms with Gasteiger partial charge in [-0.1, -0.05) is 6.07 Å². The summed E-state index contributed by atoms with van der Waals surface area (Å²) in [7, 11) is 1.47. The Kier molecular flexibility index (Phi) is 4.27. The zero-order valence-corrected chi connectivity index (χ0v) is 11.1. The molecule has 104 valence electrons. The lowest BCUT2D eigenvalue weighted by Gasteiger charge is -2.23. The number of hydrogen-bond acceptors (Lipinski definition) is 4. The van der Waals surface area contributed by atoms with Gasteiger partial charge in [-0.2, -0.15) is 0 Å². The average molecular weight is 264 g/mol. The van der Waals surface area contributed by atoms with Crippen LogP contribution in [-0.2, 0) is 0 Å². The topological polar surface area (TPSA) is 75.8 Å². The first-order valence-electron chi connectivity index (χ1n) is 6.56. The van der Waals surface area contributed by atoms with Gasteiger partial charge in [-0.25, -0.2) is 0 Å². The third-order valence-electron chi connectivity index (χ3n) is 3.30. The van der Waals surface area contributed by atoms with Gasteiger partial charge in [-0.15, -0.1) is 0 Å². The van der Waals surface area contributed by atoms with E-state index in [1.807, 2.05) is 0 Å². The minimum absolute atomic E-state index is 0.0894. The predicted octanol–water partition coefficient (Wildman–Crippen LogP) is 1.35. The summed E-state index contributed by atoms with van der Waals surface area (Å²) in [5.74, 6) is 0.0844. The molecule has 5 heteroatoms. The standard InChI is InChI=1S/C14H20N2O3/c1-19-12-5-2-4-11(13(12)17)14(18)16(9-3-8-15)10-6-7-10/h2,4-5,10,17H,3,6-9,15H2,1H3. The molecule has 1 saturated carbocycles. The Morgan fingerprint density at radius 2 is 2.26 bits per heavy atom. The Balaban J connectivity index is 2.21. The highest BCUT2D eigenvalue weighted by Gasteiger charge is 2.33. The molecular weight excluding hydrogens is 244 g/mol. The Hall–Kier alpha value is -1.75. The number of nitrogens with two attached hydrogens (primary N) is 1. The molecule has 0 spiro atoms. The molecule has 1 aromatic rings. The smallest absolute Gasteiger partial charge is 0.258 e. The van der Waals surface area contributed by atoms with Crippen LogP contribution < -0.4 is 10.5 Å². The van der Waals surface area contributed by atoms with E-state index in [1.54, 1.807) is 23.1 Å². The second-order valence-corrected chi connectivity index (χ2v) is 4.73. The van der Waals surface area contributed by atoms with Gasteiger partial charge < -0.3 is 20.5 Å². The Morgan fingerprint density at radius 3 is 2.84 bits per heavy atom. The summed E-state index contributed by atoms with van der Waals surface area (Å²) in [6.07, 6.45) is 2.83. The van der Waals surface area contributed by atoms with Gasteiger partial charge in [0, 0.05) is 12.6 Å². The maximum absolute atomic E-state index is 12.5. The number of benzene rings is 1. The van der Waals surface area contributed by atoms with E-state index in [-0.39, 0.29) is 11.7 Å². The third kappa shape index (κ3) is 2.98. The SMILES string of the molecule is COc1cccc(C(=O)N(CCCN)C2CC2)c1O. The number of amides is 1. The summed E-state index contributed by atoms with van der Waals surface area (Å²) >= 11 is 0. The number of carbonyl (C=O) groups is 1. The fraction of sp³-hybridized carbons (Fsp3) is 0.500. The average Bonchev–Trinajstić information content (AvgIpc) is 3.24. The van der Waals surface area contributed by atoms with Gasteiger partial charge in [0.2, 0.25) is 0 Å². The lowest BCUT2D eigenvalue weighted by Crippen LogP contribution is -2.35. The van der Waals surface area contributed by atoms with Crippen molar-refractivity contribution in [1.29, 1.82) is 0 Å². The summed E-state index contributed by atoms with van der Waals surface area (Å²) in [6.45, 7) is 1.19. The number of phenols is 1. The van der Waals surface area contributed by atoms with E-state index in [9.17, 15) is 9.90 Å². The van der Waals surface area contributed by atoms with Crippen LogP contribution in [0.25, 0.3) is 0 Å². The lowest BCUT2D eigenvalue weighted by atomic mass is 10.1. The molecule has 19 heavy (non-hydrogen) atoms. The first-order chi connectivity index (χ1) is 9.19. The van der Waals surface area contributed by atoms with Gasteiger partial charge in [0.1, 0.15) is 0 Å². The number of carbonyl (C=O) groups excluding carboxylic acids is 1. The molecule has 1 amide bonds. The molecule has 1 aliphatic rings. The van der Waals surface area contributed by atoms with Crippen molar-refractivity contribution in [3.63, 3.8) is 0 Å². The van der Waals surface area contributed by atoms with Crippen LogP contribution in [0.5, 0.6) is 11.5 Å². The fourth-order valence-corrected chi connectivity index (χ4v) is 2.11. The molecule has 2 rings (SSSR count). The monoisotopic (exact) mass is 264 g/mol. The predicted molar refractivity (Wildman–Crippen MR) is 72.4 cm³/mol. The van der Waals surface area contributed by atoms with Crippen molar-refractivity contribution >= 4 is 5.91 Å². The quantitative estimate of drug-likeness (QED) is 0.813. The van der Waals surface area contributed by atoms with Crippen molar-refractivity contribution in [3.05, 3.63) is 23.8 Å². The molecule has 0 aliphatic heterocycles. The van der Waals surface area contributed by atoms with E-state index >= 15 is 0 Å². The van der Waals surface area contributed by atoms with Crippen molar-refractivity contribution in [3.8, 4) is 11.5 Å². The molecule has 0 heterocycles. The fourth-order valence-electron chi connectivity index (χ4n) is 2.11. The van der Waals surface area contributed by atoms with Gasteiger partial charge in [-0.3, -0.25) is 4.79 Å². The van der Waals surface area contributed by atoms with E-state index in [2.05, 4.69) is 0 Å². The lowest BCUT2D eigenvalue weighted by molar-refractivity contribution is 0.0738. The molecule has 0 aromatic heterocycles. The van der Waals surface area contributed by atoms with E-state index in [4.69, 9.17) is 10.5 Å². The number of hydrogen-bond donors (Lipinski definition) is 2. The van der Waals surface area contributed by atoms with Crippen molar-refractivity contribution in [2.24, 2.45) is 5.73 Å². The summed E-state index contributed by atoms with van der Waals surface area (Å²) in [4.78, 5) is 14.3. The van der Waals surface area contributed by atoms with Crippen LogP contribution in [0.1, 0.15) is 29.6 Å². The molecule has 0 bridgehead atoms. The largest absolute Gasteiger partial charge is 0.504 e. The minimum atomic E-state index is -0.146. The molecule has 5 nitrogen and oxygen atoms in total. The normalized spacial score (nSPS) is 14.2. The molecule has 0 atom stereocenters. The zero-order valence-electron chi connectivity index (χ0n) is 11.1. The Bertz CT molecular complexity index is 458. The van der Waals surface area contributed by atoms with Crippen LogP contribution in [0.15, 0.2) is 18.2 Å². The molecule has 0 radical (unpaired) electrons. The summed E-state index contributed by atoms with van der Waals surface area (Å²) in [5.41, 5.74) is 5.80. The third-order valence-corrected chi connectivity index (χ3v) is 3.30. The second kappa shape index (κ2) is 5.93. The number of nitrogens with zero attached hydrogens (tertiary/aromatic N) is 1. The number of phenolic OH excluding ortho intramolecular Hbond substituents is 1. The minimum Gasteiger partial charge on any atom is -0.504 e. The first kappa shape index (κ1) is 13.7. The van der Waals surface area contributed by atoms with E-state index < -0.39 is 0 Å². The van der Waals surface area contributed by atoms with Gasteiger partial charge in [0.05, 0.1) is 12.7 Å². The number of methoxy groups -OCH3 is 1. The van der Waals surface area contributed by atoms with Crippen LogP contribution in [0.2, 0.25) is 0 Å². The highest BCUT2D eigenvalue weighted by Crippen LogP contribution is 2.33. The van der Waals surface area contributed by atoms with E-state index in [0.717, 1.165) is 19.3 Å². The van der Waals surface area contributed by atoms with E-state index in [0.29, 0.717) is 30.4 Å². The molecule has 1 aromatic carbocycles. The van der Waals surface area contributed by atoms with Crippen molar-refractivity contribution in [2.75, 3.05) is 20.2 Å². The van der Waals surface area contributed by atoms with Gasteiger partial charge >= 0.3 is 0 Å². The van der Waals surface area contributed by atoms with Gasteiger partial charge in [0.15, 0.2) is 11.5 Å². The first-order valence-corrected chi connectivity index (χ1v) is 6.56. The molecule has 1 fully saturated rings. The Morgan fingerprint density at radius 1 is 1.53 bits per heavy atom. The van der Waals surface area contributed by atoms with E-state index in [1.165, 1.54) is 7.11 Å². The van der Waals surface area contributed by atoms with Gasteiger partial charge in [-0.05, 0) is 37.9 Å².